The molecule has 0 aliphatic heterocycles. The first-order valence-electron chi connectivity index (χ1n) is 20.7. The van der Waals surface area contributed by atoms with Gasteiger partial charge in [-0.3, -0.25) is 9.55 Å². The summed E-state index contributed by atoms with van der Waals surface area (Å²) in [4.78, 5) is 10.2. The highest BCUT2D eigenvalue weighted by Gasteiger charge is 2.23. The Morgan fingerprint density at radius 3 is 1.98 bits per heavy atom. The molecule has 0 saturated heterocycles. The van der Waals surface area contributed by atoms with Crippen LogP contribution in [0.1, 0.15) is 36.4 Å². The first-order valence-corrected chi connectivity index (χ1v) is 18.7. The van der Waals surface area contributed by atoms with Crippen LogP contribution in [0.3, 0.4) is 0 Å². The molecule has 56 heavy (non-hydrogen) atoms. The monoisotopic (exact) mass is 727 g/mol. The lowest BCUT2D eigenvalue weighted by Crippen LogP contribution is -2.02. The zero-order chi connectivity index (χ0) is 41.6. The minimum Gasteiger partial charge on any atom is -0.507 e. The number of imidazole rings is 1. The topological polar surface area (TPSA) is 50.9 Å². The molecule has 0 atom stereocenters. The highest BCUT2D eigenvalue weighted by atomic mass is 16.3. The molecule has 0 aliphatic rings. The third-order valence-corrected chi connectivity index (χ3v) is 10.4. The van der Waals surface area contributed by atoms with Crippen LogP contribution in [0.15, 0.2) is 182 Å². The Labute approximate surface area is 333 Å². The van der Waals surface area contributed by atoms with E-state index in [2.05, 4.69) is 71.3 Å². The van der Waals surface area contributed by atoms with Crippen LogP contribution in [0.5, 0.6) is 5.75 Å². The van der Waals surface area contributed by atoms with Crippen LogP contribution in [0.2, 0.25) is 0 Å². The van der Waals surface area contributed by atoms with Gasteiger partial charge in [-0.05, 0) is 112 Å². The van der Waals surface area contributed by atoms with Crippen molar-refractivity contribution in [2.24, 2.45) is 0 Å². The summed E-state index contributed by atoms with van der Waals surface area (Å²) in [6.45, 7) is 1.61. The van der Waals surface area contributed by atoms with E-state index < -0.39 is 12.7 Å². The van der Waals surface area contributed by atoms with Gasteiger partial charge in [-0.2, -0.15) is 0 Å². The fourth-order valence-electron chi connectivity index (χ4n) is 7.47. The van der Waals surface area contributed by atoms with E-state index >= 15 is 0 Å². The van der Waals surface area contributed by atoms with Gasteiger partial charge in [0, 0.05) is 28.4 Å². The summed E-state index contributed by atoms with van der Waals surface area (Å²) in [5, 5.41) is 11.4. The van der Waals surface area contributed by atoms with E-state index in [1.54, 1.807) is 24.4 Å². The van der Waals surface area contributed by atoms with E-state index in [0.717, 1.165) is 78.0 Å². The lowest BCUT2D eigenvalue weighted by Gasteiger charge is -2.18. The molecule has 0 aliphatic carbocycles. The van der Waals surface area contributed by atoms with E-state index in [0.29, 0.717) is 17.0 Å². The standard InChI is InChI=1S/C52H41N3O/c1-34(2)39-25-26-48(46(32-39)38-15-8-5-9-16-38)55-49-19-12-18-44(51(49)54-52(55)45-17-10-11-20-50(45)56)42-29-41(36-13-6-4-7-14-36)30-43(31-42)47-33-40(27-28-53-47)37-23-21-35(3)22-24-37/h4-34,56H,1-3H3/i3D3,34D. The van der Waals surface area contributed by atoms with Crippen LogP contribution in [-0.4, -0.2) is 19.6 Å². The van der Waals surface area contributed by atoms with Crippen LogP contribution in [0.25, 0.3) is 83.9 Å². The summed E-state index contributed by atoms with van der Waals surface area (Å²) in [5.74, 6) is -0.121. The molecule has 0 spiro atoms. The van der Waals surface area contributed by atoms with Crippen molar-refractivity contribution in [2.45, 2.75) is 26.6 Å². The summed E-state index contributed by atoms with van der Waals surface area (Å²) in [7, 11) is 0. The number of pyridine rings is 1. The predicted octanol–water partition coefficient (Wildman–Crippen LogP) is 13.6. The van der Waals surface area contributed by atoms with Crippen LogP contribution in [0, 0.1) is 6.85 Å². The molecular weight excluding hydrogens is 683 g/mol. The van der Waals surface area contributed by atoms with Gasteiger partial charge in [0.05, 0.1) is 28.0 Å². The van der Waals surface area contributed by atoms with Crippen molar-refractivity contribution in [3.05, 3.63) is 193 Å². The SMILES string of the molecule is [2H]C([2H])([2H])c1ccc(-c2ccnc(-c3cc(-c4ccccc4)cc(-c4cccc5c4nc(-c4ccccc4O)n5-c4ccc(C([2H])(C)C)cc4-c4ccccc4)c3)c2)cc1. The largest absolute Gasteiger partial charge is 0.507 e. The normalized spacial score (nSPS) is 12.8. The Kier molecular flexibility index (Phi) is 7.93. The highest BCUT2D eigenvalue weighted by Crippen LogP contribution is 2.42. The van der Waals surface area contributed by atoms with Crippen molar-refractivity contribution < 1.29 is 10.6 Å². The Morgan fingerprint density at radius 2 is 1.23 bits per heavy atom. The number of aromatic hydroxyl groups is 1. The fraction of sp³-hybridized carbons (Fsp3) is 0.0769. The van der Waals surface area contributed by atoms with Crippen LogP contribution < -0.4 is 0 Å². The molecule has 270 valence electrons. The van der Waals surface area contributed by atoms with Crippen LogP contribution in [-0.2, 0) is 0 Å². The van der Waals surface area contributed by atoms with Crippen LogP contribution in [0.4, 0.5) is 0 Å². The zero-order valence-corrected chi connectivity index (χ0v) is 31.1. The molecule has 0 amide bonds. The molecule has 0 bridgehead atoms. The summed E-state index contributed by atoms with van der Waals surface area (Å²) >= 11 is 0. The van der Waals surface area contributed by atoms with E-state index in [-0.39, 0.29) is 5.75 Å². The van der Waals surface area contributed by atoms with Crippen molar-refractivity contribution >= 4 is 11.0 Å². The first-order chi connectivity index (χ1) is 28.9. The Hall–Kier alpha value is -7.04. The predicted molar refractivity (Wildman–Crippen MR) is 232 cm³/mol. The molecule has 0 saturated carbocycles. The summed E-state index contributed by atoms with van der Waals surface area (Å²) in [6, 6.07) is 57.6. The number of aryl methyl sites for hydroxylation is 1. The average molecular weight is 728 g/mol. The molecule has 4 nitrogen and oxygen atoms in total. The van der Waals surface area contributed by atoms with Crippen molar-refractivity contribution in [2.75, 3.05) is 0 Å². The molecule has 4 heteroatoms. The number of phenolic OH excluding ortho intramolecular Hbond substituents is 1. The summed E-state index contributed by atoms with van der Waals surface area (Å²) in [6.07, 6.45) is 1.79. The molecule has 0 fully saturated rings. The molecule has 1 N–H and O–H groups in total. The van der Waals surface area contributed by atoms with E-state index in [9.17, 15) is 5.11 Å². The Balaban J connectivity index is 1.27. The molecule has 9 rings (SSSR count). The third-order valence-electron chi connectivity index (χ3n) is 10.4. The maximum atomic E-state index is 11.4. The molecule has 0 radical (unpaired) electrons. The second-order valence-electron chi connectivity index (χ2n) is 14.2. The van der Waals surface area contributed by atoms with Crippen LogP contribution >= 0.6 is 0 Å². The van der Waals surface area contributed by atoms with Crippen molar-refractivity contribution in [3.63, 3.8) is 0 Å². The second kappa shape index (κ2) is 14.7. The van der Waals surface area contributed by atoms with Gasteiger partial charge in [-0.15, -0.1) is 0 Å². The number of phenols is 1. The van der Waals surface area contributed by atoms with Gasteiger partial charge in [-0.1, -0.05) is 135 Å². The molecule has 0 unspecified atom stereocenters. The number of hydrogen-bond donors (Lipinski definition) is 1. The maximum absolute atomic E-state index is 11.4. The van der Waals surface area contributed by atoms with E-state index in [1.165, 1.54) is 0 Å². The lowest BCUT2D eigenvalue weighted by molar-refractivity contribution is 0.477. The second-order valence-corrected chi connectivity index (χ2v) is 14.2. The van der Waals surface area contributed by atoms with Crippen molar-refractivity contribution in [1.29, 1.82) is 0 Å². The van der Waals surface area contributed by atoms with Gasteiger partial charge in [0.1, 0.15) is 11.6 Å². The van der Waals surface area contributed by atoms with E-state index in [1.807, 2.05) is 105 Å². The molecule has 2 heterocycles. The third kappa shape index (κ3) is 6.56. The number of hydrogen-bond acceptors (Lipinski definition) is 3. The van der Waals surface area contributed by atoms with Crippen molar-refractivity contribution in [1.82, 2.24) is 14.5 Å². The fourth-order valence-corrected chi connectivity index (χ4v) is 7.47. The number of rotatable bonds is 8. The van der Waals surface area contributed by atoms with Gasteiger partial charge in [0.25, 0.3) is 0 Å². The summed E-state index contributed by atoms with van der Waals surface area (Å²) < 4.78 is 34.5. The summed E-state index contributed by atoms with van der Waals surface area (Å²) in [5.41, 5.74) is 13.6. The molecule has 9 aromatic rings. The minimum absolute atomic E-state index is 0.119. The molecule has 7 aromatic carbocycles. The number of para-hydroxylation sites is 2. The molecular formula is C52H41N3O. The lowest BCUT2D eigenvalue weighted by atomic mass is 9.93. The maximum Gasteiger partial charge on any atom is 0.149 e. The first kappa shape index (κ1) is 30.3. The van der Waals surface area contributed by atoms with Gasteiger partial charge in [0.2, 0.25) is 0 Å². The van der Waals surface area contributed by atoms with Crippen molar-refractivity contribution in [3.8, 4) is 78.6 Å². The average Bonchev–Trinajstić information content (AvgIpc) is 3.66. The van der Waals surface area contributed by atoms with Gasteiger partial charge >= 0.3 is 0 Å². The molecule has 2 aromatic heterocycles. The van der Waals surface area contributed by atoms with Gasteiger partial charge < -0.3 is 5.11 Å². The Bertz CT molecular complexity index is 3000. The minimum atomic E-state index is -2.18. The number of nitrogens with zero attached hydrogens (tertiary/aromatic N) is 3. The smallest absolute Gasteiger partial charge is 0.149 e. The van der Waals surface area contributed by atoms with Gasteiger partial charge in [0.15, 0.2) is 0 Å². The number of aromatic nitrogens is 3. The van der Waals surface area contributed by atoms with E-state index in [4.69, 9.17) is 15.5 Å². The quantitative estimate of drug-likeness (QED) is 0.170. The zero-order valence-electron chi connectivity index (χ0n) is 35.1. The Morgan fingerprint density at radius 1 is 0.554 bits per heavy atom. The number of fused-ring (bicyclic) bond motifs is 1. The van der Waals surface area contributed by atoms with Gasteiger partial charge in [-0.25, -0.2) is 4.98 Å². The number of benzene rings is 7. The highest BCUT2D eigenvalue weighted by molar-refractivity contribution is 5.98.